The average Bonchev–Trinajstić information content (AvgIpc) is 3.08. The van der Waals surface area contributed by atoms with Gasteiger partial charge in [0.1, 0.15) is 17.8 Å². The van der Waals surface area contributed by atoms with Crippen LogP contribution in [0.5, 0.6) is 0 Å². The highest BCUT2D eigenvalue weighted by molar-refractivity contribution is 6.20. The second kappa shape index (κ2) is 6.64. The number of hydroxylamine groups is 2. The number of nitrogens with zero attached hydrogens (tertiary/aromatic N) is 2. The molecule has 9 heteroatoms. The van der Waals surface area contributed by atoms with Crippen molar-refractivity contribution in [3.8, 4) is 0 Å². The van der Waals surface area contributed by atoms with Gasteiger partial charge in [-0.2, -0.15) is 0 Å². The molecule has 1 aromatic carbocycles. The number of hydrogen-bond acceptors (Lipinski definition) is 6. The number of benzene rings is 1. The van der Waals surface area contributed by atoms with Crippen molar-refractivity contribution < 1.29 is 33.1 Å². The van der Waals surface area contributed by atoms with Crippen LogP contribution in [0.2, 0.25) is 0 Å². The number of likely N-dealkylation sites (tertiary alicyclic amines) is 1. The van der Waals surface area contributed by atoms with Crippen LogP contribution in [0.4, 0.5) is 9.18 Å². The van der Waals surface area contributed by atoms with Crippen molar-refractivity contribution in [2.45, 2.75) is 45.0 Å². The number of alkyl halides is 1. The van der Waals surface area contributed by atoms with Gasteiger partial charge in [-0.3, -0.25) is 14.5 Å². The van der Waals surface area contributed by atoms with Crippen LogP contribution >= 0.6 is 0 Å². The van der Waals surface area contributed by atoms with Crippen molar-refractivity contribution in [3.05, 3.63) is 35.4 Å². The fraction of sp³-hybridized carbons (Fsp3) is 0.444. The molecule has 0 radical (unpaired) electrons. The molecule has 2 atom stereocenters. The highest BCUT2D eigenvalue weighted by Gasteiger charge is 2.46. The Hall–Kier alpha value is -2.97. The van der Waals surface area contributed by atoms with E-state index in [9.17, 15) is 23.6 Å². The molecular weight excluding hydrogens is 359 g/mol. The second-order valence-electron chi connectivity index (χ2n) is 7.34. The van der Waals surface area contributed by atoms with Crippen LogP contribution in [-0.2, 0) is 14.4 Å². The molecule has 3 rings (SSSR count). The first-order valence-electron chi connectivity index (χ1n) is 8.42. The van der Waals surface area contributed by atoms with E-state index in [4.69, 9.17) is 9.57 Å². The maximum Gasteiger partial charge on any atom is 0.411 e. The lowest BCUT2D eigenvalue weighted by molar-refractivity contribution is -0.173. The van der Waals surface area contributed by atoms with E-state index in [1.54, 1.807) is 32.9 Å². The molecule has 0 bridgehead atoms. The minimum Gasteiger partial charge on any atom is -0.444 e. The molecular formula is C18H19FN2O6. The molecule has 0 aromatic heterocycles. The monoisotopic (exact) mass is 378 g/mol. The first kappa shape index (κ1) is 18.8. The third-order valence-corrected chi connectivity index (χ3v) is 4.09. The van der Waals surface area contributed by atoms with Gasteiger partial charge in [0, 0.05) is 6.42 Å². The minimum atomic E-state index is -1.45. The zero-order valence-electron chi connectivity index (χ0n) is 15.1. The Labute approximate surface area is 154 Å². The Bertz CT molecular complexity index is 783. The standard InChI is InChI=1S/C18H19FN2O6/c1-18(2,3)26-17(25)20-9-10(19)8-13(20)16(24)27-21-14(22)11-6-4-5-7-12(11)15(21)23/h4-7,10,13H,8-9H2,1-3H3/t10-,13+/m1/s1. The molecule has 0 unspecified atom stereocenters. The van der Waals surface area contributed by atoms with Crippen LogP contribution in [-0.4, -0.2) is 58.2 Å². The predicted octanol–water partition coefficient (Wildman–Crippen LogP) is 2.09. The first-order chi connectivity index (χ1) is 12.6. The summed E-state index contributed by atoms with van der Waals surface area (Å²) in [6.45, 7) is 4.58. The van der Waals surface area contributed by atoms with Crippen molar-refractivity contribution in [1.82, 2.24) is 9.96 Å². The van der Waals surface area contributed by atoms with Crippen molar-refractivity contribution in [3.63, 3.8) is 0 Å². The fourth-order valence-electron chi connectivity index (χ4n) is 2.93. The third-order valence-electron chi connectivity index (χ3n) is 4.09. The highest BCUT2D eigenvalue weighted by atomic mass is 19.1. The number of carbonyl (C=O) groups is 4. The molecule has 144 valence electrons. The lowest BCUT2D eigenvalue weighted by Crippen LogP contribution is -2.46. The topological polar surface area (TPSA) is 93.2 Å². The summed E-state index contributed by atoms with van der Waals surface area (Å²) in [6.07, 6.45) is -2.62. The Balaban J connectivity index is 1.74. The Kier molecular flexibility index (Phi) is 4.63. The van der Waals surface area contributed by atoms with Gasteiger partial charge in [0.05, 0.1) is 17.7 Å². The first-order valence-corrected chi connectivity index (χ1v) is 8.42. The minimum absolute atomic E-state index is 0.106. The third kappa shape index (κ3) is 3.62. The van der Waals surface area contributed by atoms with Crippen molar-refractivity contribution in [2.24, 2.45) is 0 Å². The van der Waals surface area contributed by atoms with E-state index < -0.39 is 41.7 Å². The van der Waals surface area contributed by atoms with Crippen molar-refractivity contribution in [1.29, 1.82) is 0 Å². The summed E-state index contributed by atoms with van der Waals surface area (Å²) in [5.74, 6) is -2.65. The van der Waals surface area contributed by atoms with Crippen LogP contribution in [0, 0.1) is 0 Å². The zero-order valence-corrected chi connectivity index (χ0v) is 15.1. The summed E-state index contributed by atoms with van der Waals surface area (Å²) in [4.78, 5) is 55.1. The fourth-order valence-corrected chi connectivity index (χ4v) is 2.93. The molecule has 0 saturated carbocycles. The van der Waals surface area contributed by atoms with E-state index in [0.717, 1.165) is 4.90 Å². The molecule has 2 aliphatic rings. The molecule has 2 aliphatic heterocycles. The summed E-state index contributed by atoms with van der Waals surface area (Å²) >= 11 is 0. The summed E-state index contributed by atoms with van der Waals surface area (Å²) in [5.41, 5.74) is -0.620. The molecule has 0 spiro atoms. The van der Waals surface area contributed by atoms with E-state index in [-0.39, 0.29) is 24.1 Å². The number of rotatable bonds is 2. The number of hydrogen-bond donors (Lipinski definition) is 0. The maximum absolute atomic E-state index is 13.9. The van der Waals surface area contributed by atoms with E-state index in [1.807, 2.05) is 0 Å². The van der Waals surface area contributed by atoms with Gasteiger partial charge in [0.25, 0.3) is 11.8 Å². The molecule has 1 saturated heterocycles. The average molecular weight is 378 g/mol. The largest absolute Gasteiger partial charge is 0.444 e. The van der Waals surface area contributed by atoms with Crippen LogP contribution in [0.1, 0.15) is 47.9 Å². The molecule has 0 aliphatic carbocycles. The predicted molar refractivity (Wildman–Crippen MR) is 89.3 cm³/mol. The van der Waals surface area contributed by atoms with E-state index in [1.165, 1.54) is 12.1 Å². The summed E-state index contributed by atoms with van der Waals surface area (Å²) in [6, 6.07) is 4.72. The van der Waals surface area contributed by atoms with E-state index in [0.29, 0.717) is 5.06 Å². The smallest absolute Gasteiger partial charge is 0.411 e. The molecule has 2 heterocycles. The number of halogens is 1. The number of fused-ring (bicyclic) bond motifs is 1. The molecule has 1 fully saturated rings. The van der Waals surface area contributed by atoms with Crippen molar-refractivity contribution in [2.75, 3.05) is 6.54 Å². The second-order valence-corrected chi connectivity index (χ2v) is 7.34. The summed E-state index contributed by atoms with van der Waals surface area (Å²) in [5, 5.41) is 0.339. The normalized spacial score (nSPS) is 22.1. The van der Waals surface area contributed by atoms with Gasteiger partial charge in [-0.25, -0.2) is 14.0 Å². The van der Waals surface area contributed by atoms with Gasteiger partial charge < -0.3 is 9.57 Å². The molecule has 0 N–H and O–H groups in total. The number of carbonyl (C=O) groups excluding carboxylic acids is 4. The van der Waals surface area contributed by atoms with Gasteiger partial charge in [-0.1, -0.05) is 17.2 Å². The van der Waals surface area contributed by atoms with Gasteiger partial charge in [0.2, 0.25) is 0 Å². The Morgan fingerprint density at radius 2 is 1.67 bits per heavy atom. The van der Waals surface area contributed by atoms with E-state index >= 15 is 0 Å². The van der Waals surface area contributed by atoms with Crippen LogP contribution in [0.15, 0.2) is 24.3 Å². The summed E-state index contributed by atoms with van der Waals surface area (Å²) in [7, 11) is 0. The lowest BCUT2D eigenvalue weighted by atomic mass is 10.1. The SMILES string of the molecule is CC(C)(C)OC(=O)N1C[C@H](F)C[C@H]1C(=O)ON1C(=O)c2ccccc2C1=O. The van der Waals surface area contributed by atoms with Crippen LogP contribution in [0.3, 0.4) is 0 Å². The lowest BCUT2D eigenvalue weighted by Gasteiger charge is -2.27. The number of imide groups is 1. The molecule has 8 nitrogen and oxygen atoms in total. The molecule has 27 heavy (non-hydrogen) atoms. The van der Waals surface area contributed by atoms with Crippen LogP contribution in [0.25, 0.3) is 0 Å². The van der Waals surface area contributed by atoms with Crippen molar-refractivity contribution >= 4 is 23.9 Å². The highest BCUT2D eigenvalue weighted by Crippen LogP contribution is 2.27. The summed E-state index contributed by atoms with van der Waals surface area (Å²) < 4.78 is 19.0. The number of amides is 3. The van der Waals surface area contributed by atoms with Gasteiger partial charge in [-0.15, -0.1) is 0 Å². The molecule has 3 amide bonds. The molecule has 1 aromatic rings. The zero-order chi connectivity index (χ0) is 19.9. The van der Waals surface area contributed by atoms with E-state index in [2.05, 4.69) is 0 Å². The van der Waals surface area contributed by atoms with Gasteiger partial charge >= 0.3 is 12.1 Å². The van der Waals surface area contributed by atoms with Gasteiger partial charge in [0.15, 0.2) is 0 Å². The Morgan fingerprint density at radius 1 is 1.11 bits per heavy atom. The quantitative estimate of drug-likeness (QED) is 0.732. The van der Waals surface area contributed by atoms with Crippen LogP contribution < -0.4 is 0 Å². The maximum atomic E-state index is 13.9. The van der Waals surface area contributed by atoms with Gasteiger partial charge in [-0.05, 0) is 32.9 Å². The Morgan fingerprint density at radius 3 is 2.19 bits per heavy atom. The number of ether oxygens (including phenoxy) is 1.